The zero-order chi connectivity index (χ0) is 8.69. The van der Waals surface area contributed by atoms with Gasteiger partial charge in [0.15, 0.2) is 0 Å². The Bertz CT molecular complexity index is 173. The van der Waals surface area contributed by atoms with E-state index in [0.29, 0.717) is 5.92 Å². The molecular weight excluding hydrogens is 134 g/mol. The molecule has 0 atom stereocenters. The van der Waals surface area contributed by atoms with E-state index in [-0.39, 0.29) is 0 Å². The molecule has 1 heteroatoms. The van der Waals surface area contributed by atoms with Crippen molar-refractivity contribution in [2.24, 2.45) is 10.9 Å². The average molecular weight is 151 g/mol. The van der Waals surface area contributed by atoms with Gasteiger partial charge in [-0.1, -0.05) is 19.9 Å². The molecule has 0 fully saturated rings. The van der Waals surface area contributed by atoms with Crippen LogP contribution in [0.4, 0.5) is 0 Å². The van der Waals surface area contributed by atoms with Gasteiger partial charge in [0.2, 0.25) is 0 Å². The fourth-order valence-electron chi connectivity index (χ4n) is 0.837. The highest BCUT2D eigenvalue weighted by molar-refractivity contribution is 5.54. The predicted octanol–water partition coefficient (Wildman–Crippen LogP) is 3.19. The molecule has 0 rings (SSSR count). The third-order valence-electron chi connectivity index (χ3n) is 1.50. The van der Waals surface area contributed by atoms with Crippen molar-refractivity contribution in [1.29, 1.82) is 0 Å². The molecule has 0 amide bonds. The Hall–Kier alpha value is -0.850. The molecule has 0 unspecified atom stereocenters. The molecule has 0 saturated carbocycles. The largest absolute Gasteiger partial charge is 0.269 e. The van der Waals surface area contributed by atoms with Crippen LogP contribution in [0.5, 0.6) is 0 Å². The van der Waals surface area contributed by atoms with E-state index in [0.717, 1.165) is 0 Å². The minimum atomic E-state index is 0.586. The van der Waals surface area contributed by atoms with Crippen molar-refractivity contribution in [3.05, 3.63) is 23.9 Å². The van der Waals surface area contributed by atoms with Crippen LogP contribution in [0.25, 0.3) is 0 Å². The van der Waals surface area contributed by atoms with E-state index in [2.05, 4.69) is 31.8 Å². The second kappa shape index (κ2) is 5.90. The molecule has 0 aromatic heterocycles. The summed E-state index contributed by atoms with van der Waals surface area (Å²) >= 11 is 0. The zero-order valence-electron chi connectivity index (χ0n) is 7.83. The van der Waals surface area contributed by atoms with Crippen LogP contribution in [-0.4, -0.2) is 6.21 Å². The van der Waals surface area contributed by atoms with Crippen LogP contribution in [-0.2, 0) is 0 Å². The third kappa shape index (κ3) is 4.54. The first-order valence-electron chi connectivity index (χ1n) is 4.03. The van der Waals surface area contributed by atoms with Gasteiger partial charge >= 0.3 is 0 Å². The van der Waals surface area contributed by atoms with Crippen LogP contribution in [0, 0.1) is 5.92 Å². The summed E-state index contributed by atoms with van der Waals surface area (Å²) in [7, 11) is 0. The second-order valence-corrected chi connectivity index (χ2v) is 2.67. The van der Waals surface area contributed by atoms with Crippen LogP contribution >= 0.6 is 0 Å². The van der Waals surface area contributed by atoms with Crippen LogP contribution in [0.2, 0.25) is 0 Å². The van der Waals surface area contributed by atoms with Gasteiger partial charge in [-0.2, -0.15) is 0 Å². The van der Waals surface area contributed by atoms with Crippen molar-refractivity contribution in [1.82, 2.24) is 0 Å². The summed E-state index contributed by atoms with van der Waals surface area (Å²) in [6.45, 7) is 8.31. The molecule has 62 valence electrons. The van der Waals surface area contributed by atoms with Crippen molar-refractivity contribution in [3.8, 4) is 0 Å². The number of hydrogen-bond donors (Lipinski definition) is 0. The Balaban J connectivity index is 4.10. The Morgan fingerprint density at radius 2 is 1.91 bits per heavy atom. The van der Waals surface area contributed by atoms with Crippen LogP contribution in [0.15, 0.2) is 28.9 Å². The maximum Gasteiger partial charge on any atom is 0.0266 e. The number of allylic oxidation sites excluding steroid dienone is 3. The summed E-state index contributed by atoms with van der Waals surface area (Å²) in [6.07, 6.45) is 7.77. The summed E-state index contributed by atoms with van der Waals surface area (Å²) in [5.74, 6) is 0.586. The summed E-state index contributed by atoms with van der Waals surface area (Å²) in [5, 5.41) is 0. The Kier molecular flexibility index (Phi) is 5.44. The first-order valence-corrected chi connectivity index (χ1v) is 4.03. The molecule has 0 aromatic rings. The number of aliphatic imine (C=N–C) groups is 1. The van der Waals surface area contributed by atoms with E-state index >= 15 is 0 Å². The van der Waals surface area contributed by atoms with Gasteiger partial charge in [-0.3, -0.25) is 4.99 Å². The van der Waals surface area contributed by atoms with Crippen LogP contribution < -0.4 is 0 Å². The minimum absolute atomic E-state index is 0.586. The normalized spacial score (nSPS) is 14.1. The number of hydrogen-bond acceptors (Lipinski definition) is 1. The van der Waals surface area contributed by atoms with Gasteiger partial charge in [0.05, 0.1) is 0 Å². The van der Waals surface area contributed by atoms with E-state index in [4.69, 9.17) is 0 Å². The molecule has 0 aliphatic rings. The Morgan fingerprint density at radius 1 is 1.27 bits per heavy atom. The SMILES string of the molecule is C\C=N/C=C\C(=C/C)C(C)C. The number of nitrogens with zero attached hydrogens (tertiary/aromatic N) is 1. The molecule has 0 aromatic carbocycles. The highest BCUT2D eigenvalue weighted by atomic mass is 14.6. The van der Waals surface area contributed by atoms with Gasteiger partial charge in [0.1, 0.15) is 0 Å². The molecule has 0 bridgehead atoms. The standard InChI is InChI=1S/C10H17N/c1-5-10(9(3)4)7-8-11-6-2/h5-9H,1-4H3/b8-7-,10-5+,11-6-. The van der Waals surface area contributed by atoms with E-state index in [9.17, 15) is 0 Å². The first-order chi connectivity index (χ1) is 5.22. The number of rotatable bonds is 3. The predicted molar refractivity (Wildman–Crippen MR) is 51.9 cm³/mol. The average Bonchev–Trinajstić information content (AvgIpc) is 1.97. The Morgan fingerprint density at radius 3 is 2.27 bits per heavy atom. The van der Waals surface area contributed by atoms with Crippen molar-refractivity contribution >= 4 is 6.21 Å². The first kappa shape index (κ1) is 10.2. The van der Waals surface area contributed by atoms with Crippen molar-refractivity contribution in [3.63, 3.8) is 0 Å². The van der Waals surface area contributed by atoms with Crippen molar-refractivity contribution in [2.75, 3.05) is 0 Å². The minimum Gasteiger partial charge on any atom is -0.269 e. The fraction of sp³-hybridized carbons (Fsp3) is 0.500. The fourth-order valence-corrected chi connectivity index (χ4v) is 0.837. The van der Waals surface area contributed by atoms with Gasteiger partial charge in [0.25, 0.3) is 0 Å². The molecule has 11 heavy (non-hydrogen) atoms. The molecule has 0 aliphatic carbocycles. The third-order valence-corrected chi connectivity index (χ3v) is 1.50. The van der Waals surface area contributed by atoms with E-state index < -0.39 is 0 Å². The van der Waals surface area contributed by atoms with Crippen molar-refractivity contribution in [2.45, 2.75) is 27.7 Å². The van der Waals surface area contributed by atoms with Crippen LogP contribution in [0.3, 0.4) is 0 Å². The maximum absolute atomic E-state index is 4.00. The molecule has 0 saturated heterocycles. The monoisotopic (exact) mass is 151 g/mol. The van der Waals surface area contributed by atoms with Gasteiger partial charge in [-0.05, 0) is 31.4 Å². The molecule has 0 heterocycles. The van der Waals surface area contributed by atoms with Crippen molar-refractivity contribution < 1.29 is 0 Å². The highest BCUT2D eigenvalue weighted by Crippen LogP contribution is 2.09. The van der Waals surface area contributed by atoms with Gasteiger partial charge in [-0.15, -0.1) is 0 Å². The topological polar surface area (TPSA) is 12.4 Å². The molecule has 1 nitrogen and oxygen atoms in total. The lowest BCUT2D eigenvalue weighted by atomic mass is 10.0. The lowest BCUT2D eigenvalue weighted by Gasteiger charge is -2.03. The molecule has 0 spiro atoms. The molecule has 0 radical (unpaired) electrons. The second-order valence-electron chi connectivity index (χ2n) is 2.67. The van der Waals surface area contributed by atoms with E-state index in [1.54, 1.807) is 6.21 Å². The quantitative estimate of drug-likeness (QED) is 0.434. The summed E-state index contributed by atoms with van der Waals surface area (Å²) in [5.41, 5.74) is 1.33. The summed E-state index contributed by atoms with van der Waals surface area (Å²) in [6, 6.07) is 0. The lowest BCUT2D eigenvalue weighted by Crippen LogP contribution is -1.88. The summed E-state index contributed by atoms with van der Waals surface area (Å²) < 4.78 is 0. The molecule has 0 aliphatic heterocycles. The summed E-state index contributed by atoms with van der Waals surface area (Å²) in [4.78, 5) is 4.00. The van der Waals surface area contributed by atoms with Gasteiger partial charge in [-0.25, -0.2) is 0 Å². The molecular formula is C10H17N. The lowest BCUT2D eigenvalue weighted by molar-refractivity contribution is 0.789. The van der Waals surface area contributed by atoms with Gasteiger partial charge in [0, 0.05) is 12.4 Å². The van der Waals surface area contributed by atoms with Gasteiger partial charge < -0.3 is 0 Å². The van der Waals surface area contributed by atoms with E-state index in [1.807, 2.05) is 19.2 Å². The smallest absolute Gasteiger partial charge is 0.0266 e. The zero-order valence-corrected chi connectivity index (χ0v) is 7.83. The highest BCUT2D eigenvalue weighted by Gasteiger charge is 1.94. The van der Waals surface area contributed by atoms with E-state index in [1.165, 1.54) is 5.57 Å². The molecule has 0 N–H and O–H groups in total. The van der Waals surface area contributed by atoms with Crippen LogP contribution in [0.1, 0.15) is 27.7 Å². The Labute approximate surface area is 69.5 Å². The maximum atomic E-state index is 4.00.